The summed E-state index contributed by atoms with van der Waals surface area (Å²) in [6.45, 7) is 6.72. The SMILES string of the molecule is O=C(NCCN1CCOCC1)c1ccc2c(c1)NC(=O)C(N1CCCC1)S2. The van der Waals surface area contributed by atoms with Crippen LogP contribution in [-0.4, -0.2) is 79.5 Å². The second kappa shape index (κ2) is 8.60. The molecule has 0 aliphatic carbocycles. The third-order valence-corrected chi connectivity index (χ3v) is 6.60. The number of thioether (sulfide) groups is 1. The normalized spacial score (nSPS) is 23.7. The second-order valence-electron chi connectivity index (χ2n) is 7.12. The molecule has 1 atom stereocenters. The van der Waals surface area contributed by atoms with Gasteiger partial charge in [-0.05, 0) is 44.1 Å². The molecule has 1 unspecified atom stereocenters. The number of carbonyl (C=O) groups is 2. The Labute approximate surface area is 163 Å². The van der Waals surface area contributed by atoms with Gasteiger partial charge in [0.05, 0.1) is 18.9 Å². The van der Waals surface area contributed by atoms with Gasteiger partial charge in [0.1, 0.15) is 5.37 Å². The zero-order valence-electron chi connectivity index (χ0n) is 15.4. The van der Waals surface area contributed by atoms with E-state index < -0.39 is 0 Å². The number of carbonyl (C=O) groups excluding carboxylic acids is 2. The molecule has 146 valence electrons. The van der Waals surface area contributed by atoms with Crippen molar-refractivity contribution in [1.29, 1.82) is 0 Å². The molecule has 0 radical (unpaired) electrons. The van der Waals surface area contributed by atoms with Gasteiger partial charge < -0.3 is 15.4 Å². The average molecular weight is 391 g/mol. The van der Waals surface area contributed by atoms with Crippen molar-refractivity contribution in [1.82, 2.24) is 15.1 Å². The third-order valence-electron chi connectivity index (χ3n) is 5.25. The monoisotopic (exact) mass is 390 g/mol. The minimum Gasteiger partial charge on any atom is -0.379 e. The van der Waals surface area contributed by atoms with E-state index in [4.69, 9.17) is 4.74 Å². The van der Waals surface area contributed by atoms with Crippen molar-refractivity contribution < 1.29 is 14.3 Å². The maximum atomic E-state index is 12.5. The highest BCUT2D eigenvalue weighted by Gasteiger charge is 2.33. The molecule has 7 nitrogen and oxygen atoms in total. The molecule has 27 heavy (non-hydrogen) atoms. The average Bonchev–Trinajstić information content (AvgIpc) is 3.22. The summed E-state index contributed by atoms with van der Waals surface area (Å²) in [4.78, 5) is 30.5. The van der Waals surface area contributed by atoms with E-state index in [0.29, 0.717) is 12.1 Å². The number of likely N-dealkylation sites (tertiary alicyclic amines) is 1. The molecule has 0 saturated carbocycles. The van der Waals surface area contributed by atoms with Crippen molar-refractivity contribution in [2.45, 2.75) is 23.1 Å². The number of hydrogen-bond acceptors (Lipinski definition) is 6. The quantitative estimate of drug-likeness (QED) is 0.788. The number of hydrogen-bond donors (Lipinski definition) is 2. The van der Waals surface area contributed by atoms with E-state index in [1.807, 2.05) is 12.1 Å². The highest BCUT2D eigenvalue weighted by Crippen LogP contribution is 2.38. The molecule has 0 bridgehead atoms. The lowest BCUT2D eigenvalue weighted by Gasteiger charge is -2.30. The maximum Gasteiger partial charge on any atom is 0.252 e. The molecule has 4 rings (SSSR count). The number of nitrogens with zero attached hydrogens (tertiary/aromatic N) is 2. The highest BCUT2D eigenvalue weighted by atomic mass is 32.2. The number of nitrogens with one attached hydrogen (secondary N) is 2. The van der Waals surface area contributed by atoms with E-state index in [-0.39, 0.29) is 17.2 Å². The Morgan fingerprint density at radius 2 is 2.00 bits per heavy atom. The van der Waals surface area contributed by atoms with Crippen molar-refractivity contribution in [2.75, 3.05) is 57.8 Å². The van der Waals surface area contributed by atoms with Gasteiger partial charge in [-0.15, -0.1) is 0 Å². The van der Waals surface area contributed by atoms with Crippen molar-refractivity contribution >= 4 is 29.3 Å². The first-order valence-electron chi connectivity index (χ1n) is 9.65. The van der Waals surface area contributed by atoms with Crippen LogP contribution in [0.1, 0.15) is 23.2 Å². The first-order valence-corrected chi connectivity index (χ1v) is 10.5. The van der Waals surface area contributed by atoms with Gasteiger partial charge in [-0.3, -0.25) is 19.4 Å². The largest absolute Gasteiger partial charge is 0.379 e. The molecule has 3 heterocycles. The summed E-state index contributed by atoms with van der Waals surface area (Å²) >= 11 is 1.58. The van der Waals surface area contributed by atoms with E-state index in [0.717, 1.165) is 69.4 Å². The van der Waals surface area contributed by atoms with Gasteiger partial charge >= 0.3 is 0 Å². The first kappa shape index (κ1) is 18.7. The van der Waals surface area contributed by atoms with Crippen LogP contribution < -0.4 is 10.6 Å². The predicted octanol–water partition coefficient (Wildman–Crippen LogP) is 1.21. The summed E-state index contributed by atoms with van der Waals surface area (Å²) in [6, 6.07) is 5.57. The topological polar surface area (TPSA) is 73.9 Å². The molecule has 2 fully saturated rings. The minimum absolute atomic E-state index is 0.0132. The van der Waals surface area contributed by atoms with E-state index >= 15 is 0 Å². The molecular weight excluding hydrogens is 364 g/mol. The summed E-state index contributed by atoms with van der Waals surface area (Å²) in [5.41, 5.74) is 1.32. The van der Waals surface area contributed by atoms with E-state index in [2.05, 4.69) is 20.4 Å². The summed E-state index contributed by atoms with van der Waals surface area (Å²) in [7, 11) is 0. The molecule has 1 aromatic rings. The number of morpholine rings is 1. The fraction of sp³-hybridized carbons (Fsp3) is 0.579. The lowest BCUT2D eigenvalue weighted by molar-refractivity contribution is -0.118. The van der Waals surface area contributed by atoms with Gasteiger partial charge in [-0.2, -0.15) is 0 Å². The highest BCUT2D eigenvalue weighted by molar-refractivity contribution is 8.00. The van der Waals surface area contributed by atoms with Crippen LogP contribution in [0.25, 0.3) is 0 Å². The molecule has 2 saturated heterocycles. The Morgan fingerprint density at radius 1 is 1.22 bits per heavy atom. The Morgan fingerprint density at radius 3 is 2.78 bits per heavy atom. The Balaban J connectivity index is 1.34. The lowest BCUT2D eigenvalue weighted by Crippen LogP contribution is -2.42. The number of fused-ring (bicyclic) bond motifs is 1. The Kier molecular flexibility index (Phi) is 5.97. The lowest BCUT2D eigenvalue weighted by atomic mass is 10.2. The van der Waals surface area contributed by atoms with Gasteiger partial charge in [0.25, 0.3) is 11.8 Å². The third kappa shape index (κ3) is 4.45. The molecule has 2 amide bonds. The van der Waals surface area contributed by atoms with Crippen molar-refractivity contribution in [3.05, 3.63) is 23.8 Å². The van der Waals surface area contributed by atoms with Crippen molar-refractivity contribution in [3.63, 3.8) is 0 Å². The molecule has 2 N–H and O–H groups in total. The molecule has 1 aromatic carbocycles. The molecule has 8 heteroatoms. The zero-order chi connectivity index (χ0) is 18.6. The Bertz CT molecular complexity index is 702. The second-order valence-corrected chi connectivity index (χ2v) is 8.25. The fourth-order valence-electron chi connectivity index (χ4n) is 3.71. The number of anilines is 1. The van der Waals surface area contributed by atoms with Crippen LogP contribution in [0.3, 0.4) is 0 Å². The fourth-order valence-corrected chi connectivity index (χ4v) is 4.86. The van der Waals surface area contributed by atoms with E-state index in [9.17, 15) is 9.59 Å². The van der Waals surface area contributed by atoms with Gasteiger partial charge in [0.2, 0.25) is 0 Å². The van der Waals surface area contributed by atoms with Crippen LogP contribution >= 0.6 is 11.8 Å². The molecule has 0 spiro atoms. The van der Waals surface area contributed by atoms with Crippen LogP contribution in [0.2, 0.25) is 0 Å². The van der Waals surface area contributed by atoms with Crippen LogP contribution in [0.5, 0.6) is 0 Å². The summed E-state index contributed by atoms with van der Waals surface area (Å²) in [5.74, 6) is -0.0914. The number of rotatable bonds is 5. The Hall–Kier alpha value is -1.61. The van der Waals surface area contributed by atoms with Crippen molar-refractivity contribution in [2.24, 2.45) is 0 Å². The van der Waals surface area contributed by atoms with Gasteiger partial charge in [-0.1, -0.05) is 11.8 Å². The van der Waals surface area contributed by atoms with Crippen LogP contribution in [0, 0.1) is 0 Å². The van der Waals surface area contributed by atoms with Gasteiger partial charge in [0, 0.05) is 36.6 Å². The number of ether oxygens (including phenoxy) is 1. The minimum atomic E-state index is -0.159. The first-order chi connectivity index (χ1) is 13.2. The number of benzene rings is 1. The molecule has 3 aliphatic heterocycles. The van der Waals surface area contributed by atoms with Crippen LogP contribution in [0.15, 0.2) is 23.1 Å². The smallest absolute Gasteiger partial charge is 0.252 e. The summed E-state index contributed by atoms with van der Waals surface area (Å²) in [5, 5.41) is 5.80. The summed E-state index contributed by atoms with van der Waals surface area (Å²) in [6.07, 6.45) is 2.31. The van der Waals surface area contributed by atoms with Gasteiger partial charge in [-0.25, -0.2) is 0 Å². The standard InChI is InChI=1S/C19H26N4O3S/c24-17(20-5-8-22-9-11-26-12-10-22)14-3-4-16-15(13-14)21-18(25)19(27-16)23-6-1-2-7-23/h3-4,13,19H,1-2,5-12H2,(H,20,24)(H,21,25). The predicted molar refractivity (Wildman–Crippen MR) is 105 cm³/mol. The van der Waals surface area contributed by atoms with E-state index in [1.54, 1.807) is 17.8 Å². The summed E-state index contributed by atoms with van der Waals surface area (Å²) < 4.78 is 5.33. The molecule has 0 aromatic heterocycles. The van der Waals surface area contributed by atoms with Gasteiger partial charge in [0.15, 0.2) is 0 Å². The number of amides is 2. The maximum absolute atomic E-state index is 12.5. The van der Waals surface area contributed by atoms with Crippen LogP contribution in [-0.2, 0) is 9.53 Å². The van der Waals surface area contributed by atoms with Crippen molar-refractivity contribution in [3.8, 4) is 0 Å². The molecular formula is C19H26N4O3S. The zero-order valence-corrected chi connectivity index (χ0v) is 16.2. The van der Waals surface area contributed by atoms with Crippen LogP contribution in [0.4, 0.5) is 5.69 Å². The molecule has 3 aliphatic rings. The van der Waals surface area contributed by atoms with E-state index in [1.165, 1.54) is 0 Å².